The van der Waals surface area contributed by atoms with Crippen LogP contribution >= 0.6 is 11.3 Å². The summed E-state index contributed by atoms with van der Waals surface area (Å²) in [4.78, 5) is 28.5. The van der Waals surface area contributed by atoms with E-state index < -0.39 is 4.92 Å². The summed E-state index contributed by atoms with van der Waals surface area (Å²) in [5.41, 5.74) is 1.97. The van der Waals surface area contributed by atoms with Crippen LogP contribution in [0.25, 0.3) is 27.0 Å². The number of hydrogen-bond donors (Lipinski definition) is 0. The molecule has 0 amide bonds. The van der Waals surface area contributed by atoms with Gasteiger partial charge in [0.15, 0.2) is 0 Å². The zero-order valence-electron chi connectivity index (χ0n) is 14.9. The molecule has 0 spiro atoms. The van der Waals surface area contributed by atoms with E-state index in [1.165, 1.54) is 46.5 Å². The number of rotatable bonds is 5. The van der Waals surface area contributed by atoms with E-state index in [4.69, 9.17) is 4.74 Å². The van der Waals surface area contributed by atoms with E-state index in [1.54, 1.807) is 0 Å². The van der Waals surface area contributed by atoms with Crippen LogP contribution in [0.15, 0.2) is 65.0 Å². The summed E-state index contributed by atoms with van der Waals surface area (Å²) >= 11 is 1.40. The molecule has 2 heterocycles. The summed E-state index contributed by atoms with van der Waals surface area (Å²) in [6.45, 7) is 2.51. The molecule has 28 heavy (non-hydrogen) atoms. The first-order valence-corrected chi connectivity index (χ1v) is 9.43. The third kappa shape index (κ3) is 3.14. The normalized spacial score (nSPS) is 10.9. The topological polar surface area (TPSA) is 87.3 Å². The summed E-state index contributed by atoms with van der Waals surface area (Å²) in [7, 11) is 0. The minimum absolute atomic E-state index is 0.0311. The van der Waals surface area contributed by atoms with Crippen LogP contribution in [0.1, 0.15) is 6.92 Å². The molecule has 0 unspecified atom stereocenters. The van der Waals surface area contributed by atoms with Crippen molar-refractivity contribution in [2.24, 2.45) is 0 Å². The molecule has 2 aromatic carbocycles. The van der Waals surface area contributed by atoms with Crippen molar-refractivity contribution in [3.05, 3.63) is 80.7 Å². The van der Waals surface area contributed by atoms with E-state index in [9.17, 15) is 14.9 Å². The van der Waals surface area contributed by atoms with Gasteiger partial charge in [0.05, 0.1) is 22.6 Å². The average Bonchev–Trinajstić information content (AvgIpc) is 3.14. The van der Waals surface area contributed by atoms with Gasteiger partial charge in [-0.2, -0.15) is 0 Å². The Morgan fingerprint density at radius 3 is 2.50 bits per heavy atom. The fourth-order valence-electron chi connectivity index (χ4n) is 2.96. The van der Waals surface area contributed by atoms with Gasteiger partial charge in [-0.05, 0) is 36.8 Å². The summed E-state index contributed by atoms with van der Waals surface area (Å²) in [5, 5.41) is 13.3. The van der Waals surface area contributed by atoms with Gasteiger partial charge in [-0.3, -0.25) is 19.5 Å². The van der Waals surface area contributed by atoms with Crippen molar-refractivity contribution in [1.29, 1.82) is 0 Å². The largest absolute Gasteiger partial charge is 0.494 e. The molecule has 0 aliphatic rings. The van der Waals surface area contributed by atoms with E-state index >= 15 is 0 Å². The van der Waals surface area contributed by atoms with Crippen molar-refractivity contribution < 1.29 is 9.66 Å². The van der Waals surface area contributed by atoms with Gasteiger partial charge in [-0.15, -0.1) is 11.3 Å². The van der Waals surface area contributed by atoms with E-state index in [0.717, 1.165) is 16.9 Å². The molecule has 0 radical (unpaired) electrons. The molecule has 0 bridgehead atoms. The summed E-state index contributed by atoms with van der Waals surface area (Å²) in [6.07, 6.45) is 1.45. The number of nitro groups is 1. The highest BCUT2D eigenvalue weighted by Crippen LogP contribution is 2.32. The number of fused-ring (bicyclic) bond motifs is 1. The van der Waals surface area contributed by atoms with Gasteiger partial charge in [0.1, 0.15) is 16.9 Å². The van der Waals surface area contributed by atoms with Crippen LogP contribution in [0.4, 0.5) is 5.69 Å². The second-order valence-electron chi connectivity index (χ2n) is 5.98. The molecule has 8 heteroatoms. The van der Waals surface area contributed by atoms with Crippen LogP contribution in [0, 0.1) is 10.1 Å². The van der Waals surface area contributed by atoms with Crippen molar-refractivity contribution in [1.82, 2.24) is 9.55 Å². The Hall–Kier alpha value is -3.52. The molecule has 4 rings (SSSR count). The molecule has 4 aromatic rings. The smallest absolute Gasteiger partial charge is 0.269 e. The first kappa shape index (κ1) is 17.9. The summed E-state index contributed by atoms with van der Waals surface area (Å²) in [5.74, 6) is 0.771. The predicted molar refractivity (Wildman–Crippen MR) is 108 cm³/mol. The minimum atomic E-state index is -0.475. The second-order valence-corrected chi connectivity index (χ2v) is 6.84. The van der Waals surface area contributed by atoms with Gasteiger partial charge in [-0.25, -0.2) is 4.98 Å². The van der Waals surface area contributed by atoms with Crippen LogP contribution in [-0.2, 0) is 0 Å². The quantitative estimate of drug-likeness (QED) is 0.370. The van der Waals surface area contributed by atoms with Gasteiger partial charge in [0.25, 0.3) is 11.2 Å². The standard InChI is InChI=1S/C20H15N3O4S/c1-2-27-16-9-3-13(4-10-16)17-11-28-19-18(17)20(24)22(12-21-19)14-5-7-15(8-6-14)23(25)26/h3-12H,2H2,1H3. The maximum absolute atomic E-state index is 13.1. The van der Waals surface area contributed by atoms with Crippen LogP contribution in [0.3, 0.4) is 0 Å². The number of non-ortho nitro benzene ring substituents is 1. The zero-order valence-corrected chi connectivity index (χ0v) is 15.7. The molecule has 140 valence electrons. The number of hydrogen-bond acceptors (Lipinski definition) is 6. The van der Waals surface area contributed by atoms with Crippen LogP contribution in [0.2, 0.25) is 0 Å². The van der Waals surface area contributed by atoms with Crippen molar-refractivity contribution >= 4 is 27.2 Å². The van der Waals surface area contributed by atoms with Crippen LogP contribution < -0.4 is 10.3 Å². The summed E-state index contributed by atoms with van der Waals surface area (Å²) < 4.78 is 6.87. The Morgan fingerprint density at radius 2 is 1.86 bits per heavy atom. The van der Waals surface area contributed by atoms with Crippen molar-refractivity contribution in [2.75, 3.05) is 6.61 Å². The van der Waals surface area contributed by atoms with Crippen molar-refractivity contribution in [2.45, 2.75) is 6.92 Å². The third-order valence-corrected chi connectivity index (χ3v) is 5.20. The third-order valence-electron chi connectivity index (χ3n) is 4.31. The Labute approximate surface area is 163 Å². The molecule has 2 aromatic heterocycles. The maximum Gasteiger partial charge on any atom is 0.269 e. The lowest BCUT2D eigenvalue weighted by atomic mass is 10.1. The van der Waals surface area contributed by atoms with E-state index in [1.807, 2.05) is 36.6 Å². The number of ether oxygens (including phenoxy) is 1. The Morgan fingerprint density at radius 1 is 1.14 bits per heavy atom. The fourth-order valence-corrected chi connectivity index (χ4v) is 3.87. The first-order valence-electron chi connectivity index (χ1n) is 8.55. The molecule has 0 fully saturated rings. The monoisotopic (exact) mass is 393 g/mol. The lowest BCUT2D eigenvalue weighted by molar-refractivity contribution is -0.384. The van der Waals surface area contributed by atoms with E-state index in [2.05, 4.69) is 4.98 Å². The molecule has 7 nitrogen and oxygen atoms in total. The van der Waals surface area contributed by atoms with E-state index in [-0.39, 0.29) is 11.2 Å². The van der Waals surface area contributed by atoms with E-state index in [0.29, 0.717) is 22.5 Å². The number of nitro benzene ring substituents is 1. The summed E-state index contributed by atoms with van der Waals surface area (Å²) in [6, 6.07) is 13.4. The molecular weight excluding hydrogens is 378 g/mol. The lowest BCUT2D eigenvalue weighted by Crippen LogP contribution is -2.18. The van der Waals surface area contributed by atoms with Gasteiger partial charge in [0, 0.05) is 23.1 Å². The molecule has 0 saturated heterocycles. The number of aromatic nitrogens is 2. The average molecular weight is 393 g/mol. The second kappa shape index (κ2) is 7.24. The number of benzene rings is 2. The van der Waals surface area contributed by atoms with Gasteiger partial charge in [-0.1, -0.05) is 12.1 Å². The first-order chi connectivity index (χ1) is 13.6. The molecule has 0 saturated carbocycles. The molecule has 0 aliphatic carbocycles. The van der Waals surface area contributed by atoms with Gasteiger partial charge < -0.3 is 4.74 Å². The highest BCUT2D eigenvalue weighted by Gasteiger charge is 2.15. The molecule has 0 N–H and O–H groups in total. The van der Waals surface area contributed by atoms with Gasteiger partial charge in [0.2, 0.25) is 0 Å². The predicted octanol–water partition coefficient (Wildman–Crippen LogP) is 4.42. The molecule has 0 atom stereocenters. The zero-order chi connectivity index (χ0) is 19.7. The SMILES string of the molecule is CCOc1ccc(-c2csc3ncn(-c4ccc([N+](=O)[O-])cc4)c(=O)c23)cc1. The Balaban J connectivity index is 1.81. The van der Waals surface area contributed by atoms with Crippen molar-refractivity contribution in [3.8, 4) is 22.6 Å². The number of thiophene rings is 1. The van der Waals surface area contributed by atoms with Crippen LogP contribution in [0.5, 0.6) is 5.75 Å². The Bertz CT molecular complexity index is 1210. The molecule has 0 aliphatic heterocycles. The maximum atomic E-state index is 13.1. The highest BCUT2D eigenvalue weighted by molar-refractivity contribution is 7.17. The van der Waals surface area contributed by atoms with Gasteiger partial charge >= 0.3 is 0 Å². The number of nitrogens with zero attached hydrogens (tertiary/aromatic N) is 3. The van der Waals surface area contributed by atoms with Crippen LogP contribution in [-0.4, -0.2) is 21.1 Å². The molecular formula is C20H15N3O4S. The minimum Gasteiger partial charge on any atom is -0.494 e. The lowest BCUT2D eigenvalue weighted by Gasteiger charge is -2.07. The highest BCUT2D eigenvalue weighted by atomic mass is 32.1. The fraction of sp³-hybridized carbons (Fsp3) is 0.100. The Kier molecular flexibility index (Phi) is 4.62. The van der Waals surface area contributed by atoms with Crippen molar-refractivity contribution in [3.63, 3.8) is 0 Å².